The van der Waals surface area contributed by atoms with Crippen LogP contribution in [-0.4, -0.2) is 16.2 Å². The molecule has 0 unspecified atom stereocenters. The average Bonchev–Trinajstić information content (AvgIpc) is 1.88. The molecule has 0 fully saturated rings. The van der Waals surface area contributed by atoms with Crippen LogP contribution in [0.1, 0.15) is 11.8 Å². The molecule has 0 aliphatic carbocycles. The fourth-order valence-corrected chi connectivity index (χ4v) is 0.654. The molecule has 0 bridgehead atoms. The third-order valence-corrected chi connectivity index (χ3v) is 1.13. The van der Waals surface area contributed by atoms with Crippen LogP contribution in [0.2, 0.25) is 0 Å². The molecule has 0 aliphatic rings. The quantitative estimate of drug-likeness (QED) is 0.506. The van der Waals surface area contributed by atoms with Crippen LogP contribution in [0.5, 0.6) is 5.75 Å². The zero-order valence-corrected chi connectivity index (χ0v) is 10.9. The third-order valence-electron chi connectivity index (χ3n) is 1.13. The third kappa shape index (κ3) is 3.75. The van der Waals surface area contributed by atoms with Crippen molar-refractivity contribution in [2.24, 2.45) is 0 Å². The van der Waals surface area contributed by atoms with E-state index in [2.05, 4.69) is 0 Å². The van der Waals surface area contributed by atoms with E-state index in [4.69, 9.17) is 10.2 Å². The molecule has 3 nitrogen and oxygen atoms in total. The van der Waals surface area contributed by atoms with Gasteiger partial charge in [0, 0.05) is 0 Å². The molecule has 0 radical (unpaired) electrons. The maximum Gasteiger partial charge on any atom is 1.00 e. The Balaban J connectivity index is -0.000000333. The first-order valence-electron chi connectivity index (χ1n) is 2.73. The first-order chi connectivity index (χ1) is 4.72. The molecule has 0 saturated carbocycles. The Bertz CT molecular complexity index is 270. The number of aromatic hydroxyl groups is 1. The van der Waals surface area contributed by atoms with Crippen LogP contribution in [0.15, 0.2) is 24.3 Å². The van der Waals surface area contributed by atoms with Crippen molar-refractivity contribution in [1.29, 1.82) is 0 Å². The fourth-order valence-electron chi connectivity index (χ4n) is 0.654. The second-order valence-electron chi connectivity index (χ2n) is 1.82. The standard InChI is InChI=1S/C7H6O3.HI.Na.H/c8-6-4-2-1-3-5(6)7(9)10;;;/h1-4,8H,(H,9,10);1H;;/q;;+1;-1. The van der Waals surface area contributed by atoms with Gasteiger partial charge in [0.25, 0.3) is 0 Å². The zero-order valence-electron chi connectivity index (χ0n) is 7.52. The molecule has 0 aromatic heterocycles. The summed E-state index contributed by atoms with van der Waals surface area (Å²) >= 11 is 0. The van der Waals surface area contributed by atoms with E-state index in [-0.39, 0.29) is 66.3 Å². The van der Waals surface area contributed by atoms with E-state index in [0.717, 1.165) is 0 Å². The first kappa shape index (κ1) is 14.7. The van der Waals surface area contributed by atoms with Gasteiger partial charge >= 0.3 is 35.5 Å². The van der Waals surface area contributed by atoms with E-state index >= 15 is 0 Å². The monoisotopic (exact) mass is 290 g/mol. The Morgan fingerprint density at radius 2 is 1.83 bits per heavy atom. The number of rotatable bonds is 1. The number of halogens is 1. The summed E-state index contributed by atoms with van der Waals surface area (Å²) in [7, 11) is 0. The van der Waals surface area contributed by atoms with Gasteiger partial charge in [-0.05, 0) is 12.1 Å². The predicted octanol–water partition coefficient (Wildman–Crippen LogP) is -1.18. The molecule has 2 N–H and O–H groups in total. The second-order valence-corrected chi connectivity index (χ2v) is 1.82. The smallest absolute Gasteiger partial charge is 1.00 e. The number of aromatic carboxylic acids is 1. The Hall–Kier alpha value is 0.220. The summed E-state index contributed by atoms with van der Waals surface area (Å²) in [5.74, 6) is -1.31. The minimum absolute atomic E-state index is 0. The summed E-state index contributed by atoms with van der Waals surface area (Å²) in [4.78, 5) is 10.3. The summed E-state index contributed by atoms with van der Waals surface area (Å²) in [6.45, 7) is 0. The summed E-state index contributed by atoms with van der Waals surface area (Å²) < 4.78 is 0. The van der Waals surface area contributed by atoms with Crippen molar-refractivity contribution in [3.8, 4) is 5.75 Å². The molecule has 1 aromatic carbocycles. The molecular weight excluding hydrogens is 282 g/mol. The molecule has 1 rings (SSSR count). The second kappa shape index (κ2) is 6.71. The van der Waals surface area contributed by atoms with Crippen LogP contribution in [0.3, 0.4) is 0 Å². The van der Waals surface area contributed by atoms with Gasteiger partial charge in [-0.2, -0.15) is 0 Å². The molecular formula is C7H8INaO3. The maximum atomic E-state index is 10.3. The number of hydrogen-bond acceptors (Lipinski definition) is 2. The van der Waals surface area contributed by atoms with Gasteiger partial charge in [-0.3, -0.25) is 0 Å². The van der Waals surface area contributed by atoms with Gasteiger partial charge in [0.1, 0.15) is 11.3 Å². The van der Waals surface area contributed by atoms with Gasteiger partial charge in [0.15, 0.2) is 0 Å². The van der Waals surface area contributed by atoms with Crippen LogP contribution in [-0.2, 0) is 0 Å². The van der Waals surface area contributed by atoms with E-state index in [0.29, 0.717) is 0 Å². The summed E-state index contributed by atoms with van der Waals surface area (Å²) in [5.41, 5.74) is -0.0671. The number of carboxylic acid groups (broad SMARTS) is 1. The Labute approximate surface area is 111 Å². The minimum Gasteiger partial charge on any atom is -1.00 e. The molecule has 0 saturated heterocycles. The normalized spacial score (nSPS) is 7.67. The first-order valence-corrected chi connectivity index (χ1v) is 2.73. The van der Waals surface area contributed by atoms with Crippen LogP contribution < -0.4 is 29.6 Å². The molecule has 0 spiro atoms. The molecule has 5 heteroatoms. The summed E-state index contributed by atoms with van der Waals surface area (Å²) in [5, 5.41) is 17.3. The van der Waals surface area contributed by atoms with Gasteiger partial charge in [-0.15, -0.1) is 24.0 Å². The van der Waals surface area contributed by atoms with E-state index < -0.39 is 5.97 Å². The van der Waals surface area contributed by atoms with E-state index in [1.165, 1.54) is 12.1 Å². The van der Waals surface area contributed by atoms with Crippen molar-refractivity contribution in [2.75, 3.05) is 0 Å². The average molecular weight is 290 g/mol. The van der Waals surface area contributed by atoms with Gasteiger partial charge in [0.2, 0.25) is 0 Å². The van der Waals surface area contributed by atoms with Gasteiger partial charge in [-0.25, -0.2) is 4.79 Å². The molecule has 0 aliphatic heterocycles. The van der Waals surface area contributed by atoms with E-state index in [1.807, 2.05) is 0 Å². The summed E-state index contributed by atoms with van der Waals surface area (Å²) in [6, 6.07) is 5.81. The Morgan fingerprint density at radius 1 is 1.33 bits per heavy atom. The van der Waals surface area contributed by atoms with Crippen molar-refractivity contribution in [3.63, 3.8) is 0 Å². The van der Waals surface area contributed by atoms with Crippen LogP contribution in [0, 0.1) is 0 Å². The molecule has 0 amide bonds. The Morgan fingerprint density at radius 3 is 2.17 bits per heavy atom. The molecule has 0 atom stereocenters. The van der Waals surface area contributed by atoms with Gasteiger partial charge in [0.05, 0.1) is 0 Å². The molecule has 62 valence electrons. The number of phenols is 1. The maximum absolute atomic E-state index is 10.3. The van der Waals surface area contributed by atoms with Crippen LogP contribution in [0.25, 0.3) is 0 Å². The van der Waals surface area contributed by atoms with Crippen LogP contribution in [0.4, 0.5) is 0 Å². The number of hydrogen-bond donors (Lipinski definition) is 2. The van der Waals surface area contributed by atoms with Gasteiger partial charge in [-0.1, -0.05) is 12.1 Å². The molecule has 0 heterocycles. The van der Waals surface area contributed by atoms with Crippen molar-refractivity contribution in [3.05, 3.63) is 29.8 Å². The SMILES string of the molecule is I.O=C(O)c1ccccc1O.[H-].[Na+]. The number of para-hydroxylation sites is 1. The van der Waals surface area contributed by atoms with E-state index in [9.17, 15) is 4.79 Å². The topological polar surface area (TPSA) is 57.5 Å². The number of carboxylic acids is 1. The number of benzene rings is 1. The summed E-state index contributed by atoms with van der Waals surface area (Å²) in [6.07, 6.45) is 0. The van der Waals surface area contributed by atoms with Gasteiger partial charge < -0.3 is 11.6 Å². The number of carbonyl (C=O) groups is 1. The largest absolute Gasteiger partial charge is 1.00 e. The van der Waals surface area contributed by atoms with Crippen molar-refractivity contribution in [2.45, 2.75) is 0 Å². The molecule has 1 aromatic rings. The fraction of sp³-hybridized carbons (Fsp3) is 0. The molecule has 12 heavy (non-hydrogen) atoms. The van der Waals surface area contributed by atoms with Crippen molar-refractivity contribution < 1.29 is 46.0 Å². The van der Waals surface area contributed by atoms with E-state index in [1.54, 1.807) is 12.1 Å². The van der Waals surface area contributed by atoms with Crippen molar-refractivity contribution >= 4 is 29.9 Å². The minimum atomic E-state index is -1.11. The van der Waals surface area contributed by atoms with Crippen molar-refractivity contribution in [1.82, 2.24) is 0 Å². The zero-order chi connectivity index (χ0) is 7.56. The predicted molar refractivity (Wildman–Crippen MR) is 51.6 cm³/mol. The Kier molecular flexibility index (Phi) is 8.23. The van der Waals surface area contributed by atoms with Crippen LogP contribution >= 0.6 is 24.0 Å².